The minimum absolute atomic E-state index is 0.0921. The van der Waals surface area contributed by atoms with Crippen LogP contribution in [0.4, 0.5) is 0 Å². The number of carbonyl (C=O) groups is 1. The van der Waals surface area contributed by atoms with E-state index in [0.717, 1.165) is 37.6 Å². The van der Waals surface area contributed by atoms with E-state index < -0.39 is 12.0 Å². The van der Waals surface area contributed by atoms with E-state index in [1.165, 1.54) is 0 Å². The van der Waals surface area contributed by atoms with Gasteiger partial charge in [0.2, 0.25) is 0 Å². The van der Waals surface area contributed by atoms with Gasteiger partial charge in [0.25, 0.3) is 0 Å². The SMILES string of the molecule is COc1ccc(-c2nc3c(s2)CN(C(C(=O)O)c2c[nH]c4ccc(CO)cc24)CC3)cc1OC. The number of rotatable bonds is 7. The van der Waals surface area contributed by atoms with Gasteiger partial charge in [-0.1, -0.05) is 6.07 Å². The molecule has 1 atom stereocenters. The molecule has 1 aliphatic heterocycles. The van der Waals surface area contributed by atoms with Crippen LogP contribution in [0.1, 0.15) is 27.7 Å². The Labute approximate surface area is 200 Å². The zero-order valence-electron chi connectivity index (χ0n) is 18.9. The molecule has 0 amide bonds. The zero-order valence-corrected chi connectivity index (χ0v) is 19.7. The van der Waals surface area contributed by atoms with Gasteiger partial charge in [0.1, 0.15) is 11.0 Å². The lowest BCUT2D eigenvalue weighted by Crippen LogP contribution is -2.37. The third-order valence-corrected chi connectivity index (χ3v) is 7.38. The van der Waals surface area contributed by atoms with Crippen molar-refractivity contribution in [3.63, 3.8) is 0 Å². The standard InChI is InChI=1S/C25H25N3O5S/c1-32-20-6-4-15(10-21(20)33-2)24-27-19-7-8-28(12-22(19)34-24)23(25(30)31)17-11-26-18-5-3-14(13-29)9-16(17)18/h3-6,9-11,23,26,29H,7-8,12-13H2,1-2H3,(H,30,31). The van der Waals surface area contributed by atoms with Gasteiger partial charge < -0.3 is 24.7 Å². The highest BCUT2D eigenvalue weighted by Crippen LogP contribution is 2.39. The number of aliphatic hydroxyl groups is 1. The van der Waals surface area contributed by atoms with Gasteiger partial charge in [-0.2, -0.15) is 0 Å². The number of aromatic nitrogens is 2. The number of H-pyrrole nitrogens is 1. The maximum atomic E-state index is 12.4. The molecule has 0 aliphatic carbocycles. The van der Waals surface area contributed by atoms with Crippen LogP contribution in [0.5, 0.6) is 11.5 Å². The zero-order chi connectivity index (χ0) is 23.8. The second-order valence-electron chi connectivity index (χ2n) is 8.20. The second-order valence-corrected chi connectivity index (χ2v) is 9.29. The average molecular weight is 480 g/mol. The van der Waals surface area contributed by atoms with Crippen molar-refractivity contribution in [3.8, 4) is 22.1 Å². The van der Waals surface area contributed by atoms with E-state index in [2.05, 4.69) is 4.98 Å². The van der Waals surface area contributed by atoms with Gasteiger partial charge in [0, 0.05) is 52.6 Å². The van der Waals surface area contributed by atoms with Crippen LogP contribution in [-0.4, -0.2) is 51.8 Å². The predicted molar refractivity (Wildman–Crippen MR) is 129 cm³/mol. The Morgan fingerprint density at radius 3 is 2.76 bits per heavy atom. The summed E-state index contributed by atoms with van der Waals surface area (Å²) in [5.74, 6) is 0.400. The van der Waals surface area contributed by atoms with Crippen molar-refractivity contribution in [2.24, 2.45) is 0 Å². The Kier molecular flexibility index (Phi) is 5.99. The molecule has 1 unspecified atom stereocenters. The monoisotopic (exact) mass is 479 g/mol. The van der Waals surface area contributed by atoms with Crippen LogP contribution in [0.3, 0.4) is 0 Å². The topological polar surface area (TPSA) is 108 Å². The molecule has 34 heavy (non-hydrogen) atoms. The molecule has 0 saturated heterocycles. The minimum Gasteiger partial charge on any atom is -0.493 e. The Morgan fingerprint density at radius 2 is 2.03 bits per heavy atom. The first-order valence-corrected chi connectivity index (χ1v) is 11.7. The number of hydrogen-bond acceptors (Lipinski definition) is 7. The van der Waals surface area contributed by atoms with Crippen molar-refractivity contribution in [1.29, 1.82) is 0 Å². The maximum absolute atomic E-state index is 12.4. The normalized spacial score (nSPS) is 14.7. The van der Waals surface area contributed by atoms with Crippen LogP contribution in [0.2, 0.25) is 0 Å². The maximum Gasteiger partial charge on any atom is 0.325 e. The molecule has 0 fully saturated rings. The number of carboxylic acids is 1. The van der Waals surface area contributed by atoms with Crippen molar-refractivity contribution >= 4 is 28.2 Å². The molecule has 3 heterocycles. The van der Waals surface area contributed by atoms with E-state index in [0.29, 0.717) is 36.6 Å². The summed E-state index contributed by atoms with van der Waals surface area (Å²) in [6.45, 7) is 1.00. The van der Waals surface area contributed by atoms with Crippen LogP contribution in [0.25, 0.3) is 21.5 Å². The summed E-state index contributed by atoms with van der Waals surface area (Å²) in [5.41, 5.74) is 4.25. The van der Waals surface area contributed by atoms with Crippen molar-refractivity contribution in [3.05, 3.63) is 64.3 Å². The van der Waals surface area contributed by atoms with Crippen molar-refractivity contribution < 1.29 is 24.5 Å². The third-order valence-electron chi connectivity index (χ3n) is 6.25. The molecule has 4 aromatic rings. The van der Waals surface area contributed by atoms with Gasteiger partial charge in [-0.15, -0.1) is 11.3 Å². The molecular formula is C25H25N3O5S. The smallest absolute Gasteiger partial charge is 0.325 e. The van der Waals surface area contributed by atoms with Crippen LogP contribution >= 0.6 is 11.3 Å². The van der Waals surface area contributed by atoms with Crippen LogP contribution in [-0.2, 0) is 24.4 Å². The largest absolute Gasteiger partial charge is 0.493 e. The van der Waals surface area contributed by atoms with Gasteiger partial charge in [-0.25, -0.2) is 4.98 Å². The molecule has 1 aliphatic rings. The van der Waals surface area contributed by atoms with E-state index >= 15 is 0 Å². The summed E-state index contributed by atoms with van der Waals surface area (Å²) in [7, 11) is 3.21. The summed E-state index contributed by atoms with van der Waals surface area (Å²) in [6, 6.07) is 10.5. The highest BCUT2D eigenvalue weighted by molar-refractivity contribution is 7.15. The van der Waals surface area contributed by atoms with Gasteiger partial charge in [0.05, 0.1) is 26.5 Å². The van der Waals surface area contributed by atoms with Crippen molar-refractivity contribution in [2.45, 2.75) is 25.6 Å². The average Bonchev–Trinajstić information content (AvgIpc) is 3.47. The molecular weight excluding hydrogens is 454 g/mol. The molecule has 5 rings (SSSR count). The number of aromatic amines is 1. The lowest BCUT2D eigenvalue weighted by Gasteiger charge is -2.31. The van der Waals surface area contributed by atoms with E-state index in [-0.39, 0.29) is 6.61 Å². The number of aliphatic hydroxyl groups excluding tert-OH is 1. The second kappa shape index (κ2) is 9.09. The molecule has 176 valence electrons. The fourth-order valence-electron chi connectivity index (χ4n) is 4.53. The van der Waals surface area contributed by atoms with Gasteiger partial charge in [-0.05, 0) is 35.9 Å². The molecule has 0 radical (unpaired) electrons. The first-order valence-electron chi connectivity index (χ1n) is 10.9. The fraction of sp³-hybridized carbons (Fsp3) is 0.280. The van der Waals surface area contributed by atoms with E-state index in [1.54, 1.807) is 31.8 Å². The number of nitrogens with one attached hydrogen (secondary N) is 1. The molecule has 0 saturated carbocycles. The van der Waals surface area contributed by atoms with Crippen LogP contribution in [0, 0.1) is 0 Å². The fourth-order valence-corrected chi connectivity index (χ4v) is 5.66. The highest BCUT2D eigenvalue weighted by atomic mass is 32.1. The first-order chi connectivity index (χ1) is 16.5. The minimum atomic E-state index is -0.900. The number of benzene rings is 2. The number of methoxy groups -OCH3 is 2. The molecule has 9 heteroatoms. The molecule has 0 spiro atoms. The summed E-state index contributed by atoms with van der Waals surface area (Å²) in [4.78, 5) is 23.5. The molecule has 2 aromatic heterocycles. The molecule has 0 bridgehead atoms. The molecule has 3 N–H and O–H groups in total. The van der Waals surface area contributed by atoms with E-state index in [4.69, 9.17) is 14.5 Å². The Hall–Kier alpha value is -3.40. The quantitative estimate of drug-likeness (QED) is 0.368. The lowest BCUT2D eigenvalue weighted by atomic mass is 10.0. The number of fused-ring (bicyclic) bond motifs is 2. The Balaban J connectivity index is 1.46. The Morgan fingerprint density at radius 1 is 1.21 bits per heavy atom. The lowest BCUT2D eigenvalue weighted by molar-refractivity contribution is -0.144. The number of hydrogen-bond donors (Lipinski definition) is 3. The molecule has 8 nitrogen and oxygen atoms in total. The number of carboxylic acid groups (broad SMARTS) is 1. The van der Waals surface area contributed by atoms with E-state index in [1.807, 2.05) is 41.3 Å². The Bertz CT molecular complexity index is 1360. The van der Waals surface area contributed by atoms with Gasteiger partial charge in [-0.3, -0.25) is 9.69 Å². The van der Waals surface area contributed by atoms with Gasteiger partial charge in [0.15, 0.2) is 11.5 Å². The number of ether oxygens (including phenoxy) is 2. The van der Waals surface area contributed by atoms with Crippen molar-refractivity contribution in [2.75, 3.05) is 20.8 Å². The van der Waals surface area contributed by atoms with E-state index in [9.17, 15) is 15.0 Å². The van der Waals surface area contributed by atoms with Crippen LogP contribution in [0.15, 0.2) is 42.6 Å². The van der Waals surface area contributed by atoms with Gasteiger partial charge >= 0.3 is 5.97 Å². The summed E-state index contributed by atoms with van der Waals surface area (Å²) in [6.07, 6.45) is 2.44. The van der Waals surface area contributed by atoms with Crippen LogP contribution < -0.4 is 9.47 Å². The first kappa shape index (κ1) is 22.4. The number of nitrogens with zero attached hydrogens (tertiary/aromatic N) is 2. The third kappa shape index (κ3) is 3.91. The number of thiazole rings is 1. The summed E-state index contributed by atoms with van der Waals surface area (Å²) < 4.78 is 10.8. The highest BCUT2D eigenvalue weighted by Gasteiger charge is 2.33. The summed E-state index contributed by atoms with van der Waals surface area (Å²) in [5, 5.41) is 21.4. The predicted octanol–water partition coefficient (Wildman–Crippen LogP) is 3.98. The van der Waals surface area contributed by atoms with Crippen molar-refractivity contribution in [1.82, 2.24) is 14.9 Å². The molecule has 2 aromatic carbocycles. The number of aliphatic carboxylic acids is 1. The summed E-state index contributed by atoms with van der Waals surface area (Å²) >= 11 is 1.58.